The summed E-state index contributed by atoms with van der Waals surface area (Å²) in [5.74, 6) is -0.339. The Labute approximate surface area is 193 Å². The zero-order chi connectivity index (χ0) is 23.2. The summed E-state index contributed by atoms with van der Waals surface area (Å²) in [5.41, 5.74) is 3.97. The van der Waals surface area contributed by atoms with Crippen LogP contribution < -0.4 is 5.01 Å². The Morgan fingerprint density at radius 1 is 1.09 bits per heavy atom. The minimum absolute atomic E-state index is 0.0297. The SMILES string of the molecule is CC1=NN(c2cc(Cl)ccc2Cl)C(=O)/C1=C/c1c(C)nn(-c2cccc([N+](=O)[O-])c2)c1C. The van der Waals surface area contributed by atoms with E-state index in [1.54, 1.807) is 48.0 Å². The quantitative estimate of drug-likeness (QED) is 0.286. The van der Waals surface area contributed by atoms with Gasteiger partial charge in [0.1, 0.15) is 0 Å². The van der Waals surface area contributed by atoms with Crippen LogP contribution in [0.1, 0.15) is 23.9 Å². The molecule has 0 spiro atoms. The highest BCUT2D eigenvalue weighted by molar-refractivity contribution is 6.38. The van der Waals surface area contributed by atoms with Crippen molar-refractivity contribution in [2.24, 2.45) is 5.10 Å². The molecule has 3 aromatic rings. The van der Waals surface area contributed by atoms with Gasteiger partial charge in [0.2, 0.25) is 0 Å². The van der Waals surface area contributed by atoms with Crippen LogP contribution in [0.25, 0.3) is 11.8 Å². The maximum atomic E-state index is 13.1. The van der Waals surface area contributed by atoms with E-state index in [9.17, 15) is 14.9 Å². The molecule has 1 aliphatic heterocycles. The molecule has 1 aliphatic rings. The Hall–Kier alpha value is -3.49. The second-order valence-electron chi connectivity index (χ2n) is 7.23. The Bertz CT molecular complexity index is 1340. The topological polar surface area (TPSA) is 93.6 Å². The second kappa shape index (κ2) is 8.22. The maximum Gasteiger partial charge on any atom is 0.280 e. The molecule has 2 aromatic carbocycles. The van der Waals surface area contributed by atoms with Crippen molar-refractivity contribution in [3.63, 3.8) is 0 Å². The number of nitrogens with zero attached hydrogens (tertiary/aromatic N) is 5. The number of halogens is 2. The predicted octanol–water partition coefficient (Wildman–Crippen LogP) is 5.51. The Morgan fingerprint density at radius 3 is 2.56 bits per heavy atom. The van der Waals surface area contributed by atoms with Crippen molar-refractivity contribution in [2.45, 2.75) is 20.8 Å². The van der Waals surface area contributed by atoms with E-state index in [4.69, 9.17) is 23.2 Å². The van der Waals surface area contributed by atoms with E-state index in [1.165, 1.54) is 17.1 Å². The van der Waals surface area contributed by atoms with Gasteiger partial charge in [-0.15, -0.1) is 0 Å². The van der Waals surface area contributed by atoms with Crippen LogP contribution in [-0.2, 0) is 4.79 Å². The van der Waals surface area contributed by atoms with Gasteiger partial charge in [-0.2, -0.15) is 15.2 Å². The predicted molar refractivity (Wildman–Crippen MR) is 125 cm³/mol. The fraction of sp³-hybridized carbons (Fsp3) is 0.136. The lowest BCUT2D eigenvalue weighted by atomic mass is 10.1. The summed E-state index contributed by atoms with van der Waals surface area (Å²) in [5, 5.41) is 22.0. The van der Waals surface area contributed by atoms with Crippen LogP contribution in [0, 0.1) is 24.0 Å². The van der Waals surface area contributed by atoms with E-state index in [0.29, 0.717) is 38.4 Å². The fourth-order valence-corrected chi connectivity index (χ4v) is 3.86. The van der Waals surface area contributed by atoms with Crippen LogP contribution in [-0.4, -0.2) is 26.3 Å². The third kappa shape index (κ3) is 3.79. The van der Waals surface area contributed by atoms with Gasteiger partial charge in [-0.1, -0.05) is 29.3 Å². The smallest absolute Gasteiger partial charge is 0.267 e. The summed E-state index contributed by atoms with van der Waals surface area (Å²) < 4.78 is 1.62. The average Bonchev–Trinajstić information content (AvgIpc) is 3.20. The standard InChI is InChI=1S/C22H17Cl2N5O3/c1-12-18(14(3)27(25-12)16-5-4-6-17(10-16)29(31)32)11-19-13(2)26-28(22(19)30)21-9-15(23)7-8-20(21)24/h4-11H,1-3H3/b19-11+. The number of carbonyl (C=O) groups is 1. The van der Waals surface area contributed by atoms with Gasteiger partial charge in [0.25, 0.3) is 11.6 Å². The van der Waals surface area contributed by atoms with Crippen LogP contribution in [0.2, 0.25) is 10.0 Å². The molecule has 0 aliphatic carbocycles. The molecule has 4 rings (SSSR count). The normalized spacial score (nSPS) is 14.9. The maximum absolute atomic E-state index is 13.1. The molecule has 2 heterocycles. The molecule has 1 aromatic heterocycles. The molecular formula is C22H17Cl2N5O3. The van der Waals surface area contributed by atoms with Gasteiger partial charge in [-0.05, 0) is 51.1 Å². The Morgan fingerprint density at radius 2 is 1.84 bits per heavy atom. The van der Waals surface area contributed by atoms with Crippen molar-refractivity contribution < 1.29 is 9.72 Å². The van der Waals surface area contributed by atoms with Crippen LogP contribution in [0.5, 0.6) is 0 Å². The van der Waals surface area contributed by atoms with Crippen molar-refractivity contribution in [1.29, 1.82) is 0 Å². The third-order valence-electron chi connectivity index (χ3n) is 5.12. The van der Waals surface area contributed by atoms with Gasteiger partial charge in [-0.25, -0.2) is 4.68 Å². The van der Waals surface area contributed by atoms with Gasteiger partial charge in [0.15, 0.2) is 0 Å². The second-order valence-corrected chi connectivity index (χ2v) is 8.07. The summed E-state index contributed by atoms with van der Waals surface area (Å²) >= 11 is 12.3. The number of hydrogen-bond donors (Lipinski definition) is 0. The molecule has 1 amide bonds. The molecular weight excluding hydrogens is 453 g/mol. The summed E-state index contributed by atoms with van der Waals surface area (Å²) in [6.07, 6.45) is 1.73. The summed E-state index contributed by atoms with van der Waals surface area (Å²) in [6, 6.07) is 11.0. The Kier molecular flexibility index (Phi) is 5.58. The van der Waals surface area contributed by atoms with E-state index in [-0.39, 0.29) is 11.6 Å². The zero-order valence-electron chi connectivity index (χ0n) is 17.3. The van der Waals surface area contributed by atoms with Gasteiger partial charge < -0.3 is 0 Å². The molecule has 8 nitrogen and oxygen atoms in total. The van der Waals surface area contributed by atoms with E-state index in [0.717, 1.165) is 11.3 Å². The highest BCUT2D eigenvalue weighted by Gasteiger charge is 2.31. The summed E-state index contributed by atoms with van der Waals surface area (Å²) in [6.45, 7) is 5.38. The van der Waals surface area contributed by atoms with E-state index < -0.39 is 4.92 Å². The Balaban J connectivity index is 1.74. The number of anilines is 1. The largest absolute Gasteiger partial charge is 0.280 e. The molecule has 0 radical (unpaired) electrons. The van der Waals surface area contributed by atoms with Crippen LogP contribution >= 0.6 is 23.2 Å². The number of nitro groups is 1. The average molecular weight is 470 g/mol. The van der Waals surface area contributed by atoms with E-state index in [2.05, 4.69) is 10.2 Å². The number of amides is 1. The lowest BCUT2D eigenvalue weighted by Gasteiger charge is -2.13. The molecule has 0 atom stereocenters. The van der Waals surface area contributed by atoms with Gasteiger partial charge in [0, 0.05) is 28.4 Å². The molecule has 0 unspecified atom stereocenters. The number of aromatic nitrogens is 2. The molecule has 32 heavy (non-hydrogen) atoms. The van der Waals surface area contributed by atoms with E-state index in [1.807, 2.05) is 13.8 Å². The molecule has 0 N–H and O–H groups in total. The van der Waals surface area contributed by atoms with Crippen molar-refractivity contribution in [3.05, 3.63) is 85.1 Å². The minimum atomic E-state index is -0.454. The lowest BCUT2D eigenvalue weighted by molar-refractivity contribution is -0.384. The van der Waals surface area contributed by atoms with E-state index >= 15 is 0 Å². The van der Waals surface area contributed by atoms with Crippen molar-refractivity contribution in [1.82, 2.24) is 9.78 Å². The molecule has 0 saturated carbocycles. The van der Waals surface area contributed by atoms with Gasteiger partial charge in [-0.3, -0.25) is 14.9 Å². The molecule has 0 saturated heterocycles. The lowest BCUT2D eigenvalue weighted by Crippen LogP contribution is -2.21. The first-order valence-electron chi connectivity index (χ1n) is 9.55. The number of rotatable bonds is 4. The molecule has 0 fully saturated rings. The number of non-ortho nitro benzene ring substituents is 1. The van der Waals surface area contributed by atoms with Crippen molar-refractivity contribution >= 4 is 52.3 Å². The number of hydrazone groups is 1. The fourth-order valence-electron chi connectivity index (χ4n) is 3.49. The monoisotopic (exact) mass is 469 g/mol. The number of hydrogen-bond acceptors (Lipinski definition) is 5. The third-order valence-corrected chi connectivity index (χ3v) is 5.67. The van der Waals surface area contributed by atoms with Gasteiger partial charge in [0.05, 0.1) is 38.3 Å². The highest BCUT2D eigenvalue weighted by atomic mass is 35.5. The first-order chi connectivity index (χ1) is 15.2. The molecule has 0 bridgehead atoms. The van der Waals surface area contributed by atoms with Gasteiger partial charge >= 0.3 is 0 Å². The van der Waals surface area contributed by atoms with Crippen molar-refractivity contribution in [2.75, 3.05) is 5.01 Å². The number of aryl methyl sites for hydroxylation is 1. The first-order valence-corrected chi connectivity index (χ1v) is 10.3. The summed E-state index contributed by atoms with van der Waals surface area (Å²) in [7, 11) is 0. The number of benzene rings is 2. The minimum Gasteiger partial charge on any atom is -0.267 e. The number of nitro benzene ring substituents is 1. The van der Waals surface area contributed by atoms with Crippen LogP contribution in [0.3, 0.4) is 0 Å². The molecule has 10 heteroatoms. The highest BCUT2D eigenvalue weighted by Crippen LogP contribution is 2.34. The summed E-state index contributed by atoms with van der Waals surface area (Å²) in [4.78, 5) is 23.8. The van der Waals surface area contributed by atoms with Crippen LogP contribution in [0.15, 0.2) is 53.1 Å². The molecule has 162 valence electrons. The number of carbonyl (C=O) groups excluding carboxylic acids is 1. The van der Waals surface area contributed by atoms with Crippen LogP contribution in [0.4, 0.5) is 11.4 Å². The first kappa shape index (κ1) is 21.7. The zero-order valence-corrected chi connectivity index (χ0v) is 18.8. The van der Waals surface area contributed by atoms with Crippen molar-refractivity contribution in [3.8, 4) is 5.69 Å².